The third kappa shape index (κ3) is 3.84. The Balaban J connectivity index is 4.26. The van der Waals surface area contributed by atoms with Crippen LogP contribution in [0.2, 0.25) is 23.2 Å². The molecule has 0 saturated carbocycles. The molecular weight excluding hydrogens is 208 g/mol. The molecule has 0 aliphatic rings. The van der Waals surface area contributed by atoms with Crippen LogP contribution in [0.5, 0.6) is 0 Å². The Morgan fingerprint density at radius 2 is 1.14 bits per heavy atom. The Bertz CT molecular complexity index is 120. The van der Waals surface area contributed by atoms with Gasteiger partial charge in [0.25, 0.3) is 0 Å². The molecule has 0 radical (unpaired) electrons. The van der Waals surface area contributed by atoms with E-state index in [1.165, 1.54) is 12.1 Å². The van der Waals surface area contributed by atoms with E-state index in [0.29, 0.717) is 0 Å². The first-order valence-electron chi connectivity index (χ1n) is 5.67. The maximum Gasteiger partial charge on any atom is 0.179 e. The lowest BCUT2D eigenvalue weighted by molar-refractivity contribution is 0.387. The monoisotopic (exact) mass is 234 g/mol. The first-order chi connectivity index (χ1) is 6.62. The highest BCUT2D eigenvalue weighted by molar-refractivity contribution is 6.60. The van der Waals surface area contributed by atoms with E-state index in [1.807, 2.05) is 14.2 Å². The van der Waals surface area contributed by atoms with Crippen molar-refractivity contribution in [3.05, 3.63) is 0 Å². The number of hydrogen-bond acceptors (Lipinski definition) is 2. The van der Waals surface area contributed by atoms with Gasteiger partial charge < -0.3 is 8.85 Å². The van der Waals surface area contributed by atoms with Gasteiger partial charge in [0, 0.05) is 14.2 Å². The molecule has 0 saturated heterocycles. The molecule has 2 nitrogen and oxygen atoms in total. The summed E-state index contributed by atoms with van der Waals surface area (Å²) < 4.78 is 11.3. The van der Waals surface area contributed by atoms with Gasteiger partial charge in [0.05, 0.1) is 0 Å². The molecule has 0 aliphatic carbocycles. The van der Waals surface area contributed by atoms with Crippen molar-refractivity contribution in [2.24, 2.45) is 0 Å². The molecule has 0 N–H and O–H groups in total. The van der Waals surface area contributed by atoms with E-state index >= 15 is 0 Å². The van der Waals surface area contributed by atoms with Gasteiger partial charge in [-0.25, -0.2) is 0 Å². The normalized spacial score (nSPS) is 20.1. The molecule has 4 heteroatoms. The smallest absolute Gasteiger partial charge is 0.179 e. The predicted octanol–water partition coefficient (Wildman–Crippen LogP) is 2.55. The SMILES string of the molecule is CC[SiH](OC)C(C)C(C)[SiH](CC)OC. The first-order valence-corrected chi connectivity index (χ1v) is 9.58. The molecule has 0 rings (SSSR count). The Hall–Kier alpha value is 0.354. The first kappa shape index (κ1) is 14.4. The molecule has 0 heterocycles. The van der Waals surface area contributed by atoms with Crippen molar-refractivity contribution in [2.45, 2.75) is 50.9 Å². The maximum absolute atomic E-state index is 5.63. The fraction of sp³-hybridized carbons (Fsp3) is 1.00. The quantitative estimate of drug-likeness (QED) is 0.630. The standard InChI is InChI=1S/C10H26O2Si2/c1-7-13(11-5)9(3)10(4)14(8-2)12-6/h9-10,13-14H,7-8H2,1-6H3. The summed E-state index contributed by atoms with van der Waals surface area (Å²) in [5.41, 5.74) is 1.50. The van der Waals surface area contributed by atoms with E-state index in [2.05, 4.69) is 27.7 Å². The van der Waals surface area contributed by atoms with Crippen molar-refractivity contribution >= 4 is 18.1 Å². The van der Waals surface area contributed by atoms with Crippen molar-refractivity contribution in [3.8, 4) is 0 Å². The summed E-state index contributed by atoms with van der Waals surface area (Å²) in [6.45, 7) is 9.20. The second kappa shape index (κ2) is 7.62. The van der Waals surface area contributed by atoms with Crippen LogP contribution >= 0.6 is 0 Å². The van der Waals surface area contributed by atoms with Crippen LogP contribution in [0.25, 0.3) is 0 Å². The molecule has 0 aromatic rings. The average molecular weight is 234 g/mol. The van der Waals surface area contributed by atoms with Gasteiger partial charge in [-0.2, -0.15) is 0 Å². The van der Waals surface area contributed by atoms with Gasteiger partial charge in [-0.05, 0) is 23.2 Å². The van der Waals surface area contributed by atoms with E-state index in [-0.39, 0.29) is 0 Å². The molecule has 4 atom stereocenters. The highest BCUT2D eigenvalue weighted by Gasteiger charge is 2.29. The summed E-state index contributed by atoms with van der Waals surface area (Å²) in [5.74, 6) is 0. The Kier molecular flexibility index (Phi) is 7.81. The molecule has 4 unspecified atom stereocenters. The fourth-order valence-electron chi connectivity index (χ4n) is 2.18. The third-order valence-corrected chi connectivity index (χ3v) is 10.2. The van der Waals surface area contributed by atoms with Gasteiger partial charge in [0.15, 0.2) is 18.1 Å². The highest BCUT2D eigenvalue weighted by Crippen LogP contribution is 2.32. The summed E-state index contributed by atoms with van der Waals surface area (Å²) in [6, 6.07) is 2.47. The van der Waals surface area contributed by atoms with E-state index in [9.17, 15) is 0 Å². The lowest BCUT2D eigenvalue weighted by Gasteiger charge is -2.29. The molecule has 0 bridgehead atoms. The van der Waals surface area contributed by atoms with Gasteiger partial charge in [-0.15, -0.1) is 0 Å². The highest BCUT2D eigenvalue weighted by atomic mass is 28.3. The Morgan fingerprint density at radius 1 is 0.857 bits per heavy atom. The molecular formula is C10H26O2Si2. The van der Waals surface area contributed by atoms with Gasteiger partial charge >= 0.3 is 0 Å². The minimum absolute atomic E-state index is 0.751. The molecule has 0 fully saturated rings. The van der Waals surface area contributed by atoms with E-state index < -0.39 is 18.1 Å². The van der Waals surface area contributed by atoms with Crippen molar-refractivity contribution in [1.82, 2.24) is 0 Å². The van der Waals surface area contributed by atoms with E-state index in [0.717, 1.165) is 11.1 Å². The van der Waals surface area contributed by atoms with Crippen LogP contribution in [0.4, 0.5) is 0 Å². The van der Waals surface area contributed by atoms with Crippen LogP contribution in [0.15, 0.2) is 0 Å². The van der Waals surface area contributed by atoms with Crippen LogP contribution < -0.4 is 0 Å². The molecule has 0 aromatic carbocycles. The van der Waals surface area contributed by atoms with Crippen molar-refractivity contribution < 1.29 is 8.85 Å². The summed E-state index contributed by atoms with van der Waals surface area (Å²) in [4.78, 5) is 0. The molecule has 14 heavy (non-hydrogen) atoms. The van der Waals surface area contributed by atoms with Crippen molar-refractivity contribution in [2.75, 3.05) is 14.2 Å². The van der Waals surface area contributed by atoms with Crippen LogP contribution in [0.1, 0.15) is 27.7 Å². The van der Waals surface area contributed by atoms with Gasteiger partial charge in [0.1, 0.15) is 0 Å². The topological polar surface area (TPSA) is 18.5 Å². The van der Waals surface area contributed by atoms with E-state index in [4.69, 9.17) is 8.85 Å². The molecule has 0 spiro atoms. The van der Waals surface area contributed by atoms with Gasteiger partial charge in [0.2, 0.25) is 0 Å². The second-order valence-electron chi connectivity index (χ2n) is 4.08. The summed E-state index contributed by atoms with van der Waals surface area (Å²) in [6.07, 6.45) is 0. The van der Waals surface area contributed by atoms with E-state index in [1.54, 1.807) is 0 Å². The Morgan fingerprint density at radius 3 is 1.29 bits per heavy atom. The fourth-order valence-corrected chi connectivity index (χ4v) is 8.04. The predicted molar refractivity (Wildman–Crippen MR) is 68.1 cm³/mol. The van der Waals surface area contributed by atoms with Crippen LogP contribution in [-0.2, 0) is 8.85 Å². The lowest BCUT2D eigenvalue weighted by Crippen LogP contribution is -2.31. The zero-order valence-corrected chi connectivity index (χ0v) is 12.8. The van der Waals surface area contributed by atoms with Crippen molar-refractivity contribution in [1.29, 1.82) is 0 Å². The van der Waals surface area contributed by atoms with Crippen LogP contribution in [0, 0.1) is 0 Å². The third-order valence-electron chi connectivity index (χ3n) is 3.41. The molecule has 86 valence electrons. The maximum atomic E-state index is 5.63. The largest absolute Gasteiger partial charge is 0.423 e. The number of hydrogen-bond donors (Lipinski definition) is 0. The minimum Gasteiger partial charge on any atom is -0.423 e. The lowest BCUT2D eigenvalue weighted by atomic mass is 10.3. The van der Waals surface area contributed by atoms with Gasteiger partial charge in [-0.1, -0.05) is 27.7 Å². The van der Waals surface area contributed by atoms with Crippen LogP contribution in [-0.4, -0.2) is 32.3 Å². The minimum atomic E-state index is -0.973. The zero-order valence-electron chi connectivity index (χ0n) is 10.5. The molecule has 0 amide bonds. The molecule has 0 aromatic heterocycles. The Labute approximate surface area is 92.5 Å². The average Bonchev–Trinajstić information content (AvgIpc) is 2.21. The summed E-state index contributed by atoms with van der Waals surface area (Å²) in [5, 5.41) is 0. The summed E-state index contributed by atoms with van der Waals surface area (Å²) in [7, 11) is 1.80. The second-order valence-corrected chi connectivity index (χ2v) is 10.9. The zero-order chi connectivity index (χ0) is 11.1. The summed E-state index contributed by atoms with van der Waals surface area (Å²) >= 11 is 0. The molecule has 0 aliphatic heterocycles. The van der Waals surface area contributed by atoms with Gasteiger partial charge in [-0.3, -0.25) is 0 Å². The number of rotatable bonds is 7. The van der Waals surface area contributed by atoms with Crippen molar-refractivity contribution in [3.63, 3.8) is 0 Å². The van der Waals surface area contributed by atoms with Crippen LogP contribution in [0.3, 0.4) is 0 Å².